The number of fused-ring (bicyclic) bond motifs is 5. The molecule has 2 heteroatoms. The van der Waals surface area contributed by atoms with Gasteiger partial charge in [-0.1, -0.05) is 84.4 Å². The Hall–Kier alpha value is -2.90. The summed E-state index contributed by atoms with van der Waals surface area (Å²) in [7, 11) is 0. The molecule has 1 aliphatic rings. The van der Waals surface area contributed by atoms with E-state index in [0.717, 1.165) is 44.2 Å². The molecule has 118 valence electrons. The molecule has 0 saturated heterocycles. The first kappa shape index (κ1) is 14.4. The van der Waals surface area contributed by atoms with Crippen LogP contribution in [-0.4, -0.2) is 5.78 Å². The van der Waals surface area contributed by atoms with Crippen LogP contribution in [0.1, 0.15) is 15.9 Å². The van der Waals surface area contributed by atoms with Gasteiger partial charge in [0.1, 0.15) is 0 Å². The Morgan fingerprint density at radius 1 is 0.640 bits per heavy atom. The Morgan fingerprint density at radius 3 is 2.12 bits per heavy atom. The molecule has 1 nitrogen and oxygen atoms in total. The molecular formula is C23H13ClO. The van der Waals surface area contributed by atoms with E-state index in [0.29, 0.717) is 5.02 Å². The highest BCUT2D eigenvalue weighted by Gasteiger charge is 2.30. The van der Waals surface area contributed by atoms with Crippen LogP contribution in [0, 0.1) is 0 Å². The molecule has 4 aromatic carbocycles. The van der Waals surface area contributed by atoms with Gasteiger partial charge in [-0.15, -0.1) is 0 Å². The van der Waals surface area contributed by atoms with E-state index < -0.39 is 0 Å². The lowest BCUT2D eigenvalue weighted by molar-refractivity contribution is 0.104. The zero-order valence-corrected chi connectivity index (χ0v) is 14.0. The van der Waals surface area contributed by atoms with Gasteiger partial charge in [-0.3, -0.25) is 4.79 Å². The highest BCUT2D eigenvalue weighted by Crippen LogP contribution is 2.45. The van der Waals surface area contributed by atoms with Crippen LogP contribution < -0.4 is 0 Å². The first-order valence-corrected chi connectivity index (χ1v) is 8.58. The van der Waals surface area contributed by atoms with Gasteiger partial charge in [0.15, 0.2) is 5.78 Å². The molecule has 0 heterocycles. The van der Waals surface area contributed by atoms with E-state index in [9.17, 15) is 4.79 Å². The zero-order chi connectivity index (χ0) is 17.0. The summed E-state index contributed by atoms with van der Waals surface area (Å²) >= 11 is 6.60. The highest BCUT2D eigenvalue weighted by atomic mass is 35.5. The molecular weight excluding hydrogens is 328 g/mol. The maximum Gasteiger partial charge on any atom is 0.194 e. The molecule has 0 unspecified atom stereocenters. The largest absolute Gasteiger partial charge is 0.289 e. The maximum atomic E-state index is 13.2. The van der Waals surface area contributed by atoms with Crippen LogP contribution in [0.4, 0.5) is 0 Å². The molecule has 0 saturated carbocycles. The predicted octanol–water partition coefficient (Wildman–Crippen LogP) is 6.37. The fraction of sp³-hybridized carbons (Fsp3) is 0. The summed E-state index contributed by atoms with van der Waals surface area (Å²) < 4.78 is 0. The third kappa shape index (κ3) is 2.00. The van der Waals surface area contributed by atoms with Crippen LogP contribution in [0.5, 0.6) is 0 Å². The summed E-state index contributed by atoms with van der Waals surface area (Å²) in [5.74, 6) is 0.0793. The number of carbonyl (C=O) groups is 1. The number of hydrogen-bond donors (Lipinski definition) is 0. The quantitative estimate of drug-likeness (QED) is 0.346. The molecule has 5 rings (SSSR count). The standard InChI is InChI=1S/C23H13ClO/c24-20-13-19-16-9-4-5-10-17(16)23(25)22(19)21-15(11-6-12-18(20)21)14-7-2-1-3-8-14/h1-13H. The molecule has 4 aromatic rings. The predicted molar refractivity (Wildman–Crippen MR) is 103 cm³/mol. The van der Waals surface area contributed by atoms with Crippen LogP contribution in [0.15, 0.2) is 78.9 Å². The molecule has 0 spiro atoms. The first-order chi connectivity index (χ1) is 12.3. The van der Waals surface area contributed by atoms with Crippen LogP contribution in [0.25, 0.3) is 33.0 Å². The van der Waals surface area contributed by atoms with Gasteiger partial charge in [0.05, 0.1) is 0 Å². The normalized spacial score (nSPS) is 12.3. The van der Waals surface area contributed by atoms with E-state index in [2.05, 4.69) is 18.2 Å². The average Bonchev–Trinajstić information content (AvgIpc) is 2.95. The van der Waals surface area contributed by atoms with Crippen molar-refractivity contribution in [1.29, 1.82) is 0 Å². The van der Waals surface area contributed by atoms with Crippen LogP contribution in [0.2, 0.25) is 5.02 Å². The Balaban J connectivity index is 1.96. The van der Waals surface area contributed by atoms with E-state index >= 15 is 0 Å². The monoisotopic (exact) mass is 340 g/mol. The number of hydrogen-bond acceptors (Lipinski definition) is 1. The second-order valence-electron chi connectivity index (χ2n) is 6.25. The molecule has 0 amide bonds. The SMILES string of the molecule is O=C1c2ccccc2-c2cc(Cl)c3cccc(-c4ccccc4)c3c21. The fourth-order valence-corrected chi connectivity index (χ4v) is 4.06. The van der Waals surface area contributed by atoms with Crippen molar-refractivity contribution in [1.82, 2.24) is 0 Å². The molecule has 25 heavy (non-hydrogen) atoms. The minimum absolute atomic E-state index is 0.0793. The topological polar surface area (TPSA) is 17.1 Å². The van der Waals surface area contributed by atoms with Crippen molar-refractivity contribution in [2.45, 2.75) is 0 Å². The van der Waals surface area contributed by atoms with E-state index in [1.807, 2.05) is 60.7 Å². The van der Waals surface area contributed by atoms with Crippen molar-refractivity contribution in [2.75, 3.05) is 0 Å². The average molecular weight is 341 g/mol. The molecule has 0 atom stereocenters. The smallest absolute Gasteiger partial charge is 0.194 e. The van der Waals surface area contributed by atoms with E-state index in [1.165, 1.54) is 0 Å². The van der Waals surface area contributed by atoms with E-state index in [-0.39, 0.29) is 5.78 Å². The molecule has 0 fully saturated rings. The first-order valence-electron chi connectivity index (χ1n) is 8.20. The molecule has 0 bridgehead atoms. The Bertz CT molecular complexity index is 1160. The lowest BCUT2D eigenvalue weighted by Gasteiger charge is -2.12. The highest BCUT2D eigenvalue weighted by molar-refractivity contribution is 6.39. The van der Waals surface area contributed by atoms with Crippen molar-refractivity contribution >= 4 is 28.2 Å². The number of benzene rings is 4. The fourth-order valence-electron chi connectivity index (χ4n) is 3.79. The minimum atomic E-state index is 0.0793. The van der Waals surface area contributed by atoms with Crippen LogP contribution in [0.3, 0.4) is 0 Å². The van der Waals surface area contributed by atoms with Gasteiger partial charge in [0.25, 0.3) is 0 Å². The van der Waals surface area contributed by atoms with Gasteiger partial charge in [0.2, 0.25) is 0 Å². The molecule has 0 aromatic heterocycles. The van der Waals surface area contributed by atoms with Gasteiger partial charge >= 0.3 is 0 Å². The summed E-state index contributed by atoms with van der Waals surface area (Å²) in [5.41, 5.74) is 5.54. The summed E-state index contributed by atoms with van der Waals surface area (Å²) in [5, 5.41) is 2.54. The van der Waals surface area contributed by atoms with Gasteiger partial charge in [-0.25, -0.2) is 0 Å². The van der Waals surface area contributed by atoms with Crippen LogP contribution >= 0.6 is 11.6 Å². The van der Waals surface area contributed by atoms with Gasteiger partial charge in [-0.05, 0) is 28.3 Å². The van der Waals surface area contributed by atoms with Crippen molar-refractivity contribution in [3.63, 3.8) is 0 Å². The lowest BCUT2D eigenvalue weighted by atomic mass is 9.91. The second-order valence-corrected chi connectivity index (χ2v) is 6.66. The minimum Gasteiger partial charge on any atom is -0.289 e. The van der Waals surface area contributed by atoms with Crippen molar-refractivity contribution in [3.8, 4) is 22.3 Å². The van der Waals surface area contributed by atoms with E-state index in [1.54, 1.807) is 0 Å². The number of rotatable bonds is 1. The maximum absolute atomic E-state index is 13.2. The van der Waals surface area contributed by atoms with Gasteiger partial charge in [0, 0.05) is 26.9 Å². The van der Waals surface area contributed by atoms with Crippen LogP contribution in [-0.2, 0) is 0 Å². The third-order valence-electron chi connectivity index (χ3n) is 4.89. The zero-order valence-electron chi connectivity index (χ0n) is 13.3. The Morgan fingerprint density at radius 2 is 1.32 bits per heavy atom. The number of carbonyl (C=O) groups excluding carboxylic acids is 1. The van der Waals surface area contributed by atoms with E-state index in [4.69, 9.17) is 11.6 Å². The van der Waals surface area contributed by atoms with Gasteiger partial charge < -0.3 is 0 Å². The summed E-state index contributed by atoms with van der Waals surface area (Å²) in [6.45, 7) is 0. The molecule has 1 aliphatic carbocycles. The van der Waals surface area contributed by atoms with Crippen molar-refractivity contribution in [2.24, 2.45) is 0 Å². The molecule has 0 radical (unpaired) electrons. The summed E-state index contributed by atoms with van der Waals surface area (Å²) in [4.78, 5) is 13.2. The molecule has 0 aliphatic heterocycles. The second kappa shape index (κ2) is 5.30. The number of ketones is 1. The van der Waals surface area contributed by atoms with Crippen molar-refractivity contribution < 1.29 is 4.79 Å². The van der Waals surface area contributed by atoms with Crippen molar-refractivity contribution in [3.05, 3.63) is 95.0 Å². The van der Waals surface area contributed by atoms with Gasteiger partial charge in [-0.2, -0.15) is 0 Å². The Kier molecular flexibility index (Phi) is 3.06. The Labute approximate surface area is 150 Å². The summed E-state index contributed by atoms with van der Waals surface area (Å²) in [6.07, 6.45) is 0. The third-order valence-corrected chi connectivity index (χ3v) is 5.20. The lowest BCUT2D eigenvalue weighted by Crippen LogP contribution is -1.98. The number of halogens is 1. The molecule has 0 N–H and O–H groups in total. The summed E-state index contributed by atoms with van der Waals surface area (Å²) in [6, 6.07) is 25.9.